The number of H-pyrrole nitrogens is 1. The molecule has 0 saturated heterocycles. The molecule has 2 N–H and O–H groups in total. The third-order valence-electron chi connectivity index (χ3n) is 6.83. The zero-order valence-corrected chi connectivity index (χ0v) is 21.5. The Balaban J connectivity index is 1.39. The van der Waals surface area contributed by atoms with Crippen LogP contribution in [0.1, 0.15) is 48.8 Å². The van der Waals surface area contributed by atoms with Crippen molar-refractivity contribution in [1.82, 2.24) is 15.5 Å². The van der Waals surface area contributed by atoms with E-state index in [0.29, 0.717) is 23.4 Å². The molecule has 1 fully saturated rings. The molecule has 6 heteroatoms. The highest BCUT2D eigenvalue weighted by molar-refractivity contribution is 6.01. The number of unbranched alkanes of at least 4 members (excludes halogenated alkanes) is 2. The lowest BCUT2D eigenvalue weighted by Gasteiger charge is -2.18. The van der Waals surface area contributed by atoms with Gasteiger partial charge < -0.3 is 10.1 Å². The Hall–Kier alpha value is -4.19. The maximum Gasteiger partial charge on any atom is 0.243 e. The van der Waals surface area contributed by atoms with Crippen LogP contribution in [0.2, 0.25) is 0 Å². The molecule has 1 aromatic heterocycles. The number of rotatable bonds is 11. The van der Waals surface area contributed by atoms with Crippen molar-refractivity contribution < 1.29 is 13.9 Å². The molecule has 5 nitrogen and oxygen atoms in total. The number of halogens is 1. The van der Waals surface area contributed by atoms with Crippen LogP contribution >= 0.6 is 0 Å². The van der Waals surface area contributed by atoms with Gasteiger partial charge in [-0.3, -0.25) is 9.89 Å². The highest BCUT2D eigenvalue weighted by Gasteiger charge is 2.30. The third kappa shape index (κ3) is 6.02. The Kier molecular flexibility index (Phi) is 7.98. The summed E-state index contributed by atoms with van der Waals surface area (Å²) in [5, 5.41) is 9.59. The Morgan fingerprint density at radius 1 is 1.03 bits per heavy atom. The van der Waals surface area contributed by atoms with E-state index < -0.39 is 5.95 Å². The van der Waals surface area contributed by atoms with Gasteiger partial charge in [0.25, 0.3) is 0 Å². The first-order chi connectivity index (χ1) is 18.6. The van der Waals surface area contributed by atoms with Gasteiger partial charge in [0.05, 0.1) is 17.5 Å². The fourth-order valence-corrected chi connectivity index (χ4v) is 4.73. The summed E-state index contributed by atoms with van der Waals surface area (Å²) in [6, 6.07) is 24.5. The molecule has 5 rings (SSSR count). The van der Waals surface area contributed by atoms with Gasteiger partial charge in [-0.15, -0.1) is 0 Å². The number of benzene rings is 3. The van der Waals surface area contributed by atoms with Gasteiger partial charge in [0.2, 0.25) is 11.9 Å². The Morgan fingerprint density at radius 3 is 2.53 bits per heavy atom. The van der Waals surface area contributed by atoms with Gasteiger partial charge in [0.1, 0.15) is 5.75 Å². The predicted octanol–water partition coefficient (Wildman–Crippen LogP) is 6.92. The van der Waals surface area contributed by atoms with Gasteiger partial charge in [-0.2, -0.15) is 9.49 Å². The summed E-state index contributed by atoms with van der Waals surface area (Å²) in [4.78, 5) is 11.2. The molecular weight excluding hydrogens is 477 g/mol. The molecule has 38 heavy (non-hydrogen) atoms. The number of aromatic amines is 1. The standard InChI is InChI=1S/C32H32FN3O2/c1-34-29(37)11-7-2-3-8-20-38-26-17-14-24(15-18-26)31(25-16-19-28-27(21-25)32(33)36-35-28)30(23-12-13-23)22-9-5-4-6-10-22/h4-7,9-11,14-19,21,23H,2-3,8,12-13,20H2,1H3,(H,34,37)(H,35,36)/b11-7+,31-30-. The normalized spacial score (nSPS) is 14.1. The fourth-order valence-electron chi connectivity index (χ4n) is 4.73. The number of likely N-dealkylation sites (N-methyl/N-ethyl adjacent to an activating group) is 1. The van der Waals surface area contributed by atoms with Crippen LogP contribution in [0.4, 0.5) is 4.39 Å². The van der Waals surface area contributed by atoms with Gasteiger partial charge in [0.15, 0.2) is 0 Å². The molecule has 0 radical (unpaired) electrons. The molecule has 0 atom stereocenters. The summed E-state index contributed by atoms with van der Waals surface area (Å²) >= 11 is 0. The van der Waals surface area contributed by atoms with Crippen LogP contribution in [0.3, 0.4) is 0 Å². The van der Waals surface area contributed by atoms with E-state index in [1.54, 1.807) is 13.1 Å². The van der Waals surface area contributed by atoms with E-state index >= 15 is 0 Å². The first kappa shape index (κ1) is 25.5. The summed E-state index contributed by atoms with van der Waals surface area (Å²) in [5.41, 5.74) is 6.28. The van der Waals surface area contributed by atoms with Crippen LogP contribution in [-0.4, -0.2) is 29.8 Å². The second-order valence-corrected chi connectivity index (χ2v) is 9.58. The number of fused-ring (bicyclic) bond motifs is 1. The highest BCUT2D eigenvalue weighted by Crippen LogP contribution is 2.48. The number of ether oxygens (including phenoxy) is 1. The van der Waals surface area contributed by atoms with Crippen molar-refractivity contribution in [2.24, 2.45) is 5.92 Å². The maximum atomic E-state index is 14.4. The number of hydrogen-bond donors (Lipinski definition) is 2. The molecule has 0 aliphatic heterocycles. The number of amides is 1. The smallest absolute Gasteiger partial charge is 0.243 e. The number of carbonyl (C=O) groups is 1. The molecule has 194 valence electrons. The van der Waals surface area contributed by atoms with Crippen LogP contribution in [0.25, 0.3) is 22.0 Å². The number of allylic oxidation sites excluding steroid dienone is 2. The minimum atomic E-state index is -0.415. The molecule has 1 saturated carbocycles. The monoisotopic (exact) mass is 509 g/mol. The molecule has 1 aliphatic carbocycles. The quantitative estimate of drug-likeness (QED) is 0.131. The van der Waals surface area contributed by atoms with Crippen molar-refractivity contribution in [3.63, 3.8) is 0 Å². The van der Waals surface area contributed by atoms with E-state index in [1.165, 1.54) is 11.1 Å². The zero-order chi connectivity index (χ0) is 26.3. The topological polar surface area (TPSA) is 67.0 Å². The second kappa shape index (κ2) is 11.9. The van der Waals surface area contributed by atoms with E-state index in [1.807, 2.05) is 42.5 Å². The SMILES string of the molecule is CNC(=O)/C=C/CCCCOc1ccc(/C(=C(\c2ccccc2)C2CC2)c2ccc3n[nH]c(F)c3c2)cc1. The van der Waals surface area contributed by atoms with Gasteiger partial charge in [0, 0.05) is 7.05 Å². The lowest BCUT2D eigenvalue weighted by molar-refractivity contribution is -0.116. The maximum absolute atomic E-state index is 14.4. The average Bonchev–Trinajstić information content (AvgIpc) is 3.73. The lowest BCUT2D eigenvalue weighted by Crippen LogP contribution is -2.13. The van der Waals surface area contributed by atoms with E-state index in [-0.39, 0.29) is 5.91 Å². The number of carbonyl (C=O) groups excluding carboxylic acids is 1. The summed E-state index contributed by atoms with van der Waals surface area (Å²) in [7, 11) is 1.62. The van der Waals surface area contributed by atoms with Gasteiger partial charge in [-0.05, 0) is 96.2 Å². The van der Waals surface area contributed by atoms with Crippen molar-refractivity contribution in [3.05, 3.63) is 108 Å². The summed E-state index contributed by atoms with van der Waals surface area (Å²) < 4.78 is 20.4. The number of aromatic nitrogens is 2. The predicted molar refractivity (Wildman–Crippen MR) is 150 cm³/mol. The van der Waals surface area contributed by atoms with Gasteiger partial charge in [-0.25, -0.2) is 0 Å². The van der Waals surface area contributed by atoms with Crippen LogP contribution in [0.5, 0.6) is 5.75 Å². The molecule has 3 aromatic carbocycles. The minimum Gasteiger partial charge on any atom is -0.494 e. The Bertz CT molecular complexity index is 1450. The fraction of sp³-hybridized carbons (Fsp3) is 0.250. The first-order valence-electron chi connectivity index (χ1n) is 13.2. The second-order valence-electron chi connectivity index (χ2n) is 9.58. The Labute approximate surface area is 222 Å². The van der Waals surface area contributed by atoms with Gasteiger partial charge in [-0.1, -0.05) is 54.6 Å². The molecule has 1 heterocycles. The van der Waals surface area contributed by atoms with Crippen molar-refractivity contribution >= 4 is 28.0 Å². The molecule has 1 aliphatic rings. The summed E-state index contributed by atoms with van der Waals surface area (Å²) in [5.74, 6) is 0.798. The lowest BCUT2D eigenvalue weighted by atomic mass is 9.86. The molecule has 0 unspecified atom stereocenters. The molecule has 1 amide bonds. The summed E-state index contributed by atoms with van der Waals surface area (Å²) in [6.45, 7) is 0.615. The van der Waals surface area contributed by atoms with Gasteiger partial charge >= 0.3 is 0 Å². The van der Waals surface area contributed by atoms with Crippen molar-refractivity contribution in [1.29, 1.82) is 0 Å². The van der Waals surface area contributed by atoms with Crippen molar-refractivity contribution in [2.75, 3.05) is 13.7 Å². The number of hydrogen-bond acceptors (Lipinski definition) is 3. The van der Waals surface area contributed by atoms with Crippen LogP contribution in [-0.2, 0) is 4.79 Å². The van der Waals surface area contributed by atoms with E-state index in [4.69, 9.17) is 4.74 Å². The summed E-state index contributed by atoms with van der Waals surface area (Å²) in [6.07, 6.45) is 8.45. The minimum absolute atomic E-state index is 0.0818. The van der Waals surface area contributed by atoms with Crippen LogP contribution in [0, 0.1) is 11.9 Å². The van der Waals surface area contributed by atoms with E-state index in [9.17, 15) is 9.18 Å². The molecule has 0 spiro atoms. The highest BCUT2D eigenvalue weighted by atomic mass is 19.1. The number of nitrogens with one attached hydrogen (secondary N) is 2. The van der Waals surface area contributed by atoms with Crippen molar-refractivity contribution in [3.8, 4) is 5.75 Å². The number of nitrogens with zero attached hydrogens (tertiary/aromatic N) is 1. The van der Waals surface area contributed by atoms with Crippen molar-refractivity contribution in [2.45, 2.75) is 32.1 Å². The zero-order valence-electron chi connectivity index (χ0n) is 21.5. The van der Waals surface area contributed by atoms with Crippen LogP contribution < -0.4 is 10.1 Å². The van der Waals surface area contributed by atoms with E-state index in [0.717, 1.165) is 54.6 Å². The first-order valence-corrected chi connectivity index (χ1v) is 13.2. The third-order valence-corrected chi connectivity index (χ3v) is 6.83. The Morgan fingerprint density at radius 2 is 1.79 bits per heavy atom. The molecule has 4 aromatic rings. The largest absolute Gasteiger partial charge is 0.494 e. The van der Waals surface area contributed by atoms with E-state index in [2.05, 4.69) is 51.9 Å². The van der Waals surface area contributed by atoms with Crippen LogP contribution in [0.15, 0.2) is 84.9 Å². The molecule has 0 bridgehead atoms. The average molecular weight is 510 g/mol. The molecular formula is C32H32FN3O2.